The van der Waals surface area contributed by atoms with Crippen molar-refractivity contribution in [3.05, 3.63) is 51.7 Å². The largest absolute Gasteiger partial charge is 0.398 e. The number of nitrogens with one attached hydrogen (secondary N) is 1. The van der Waals surface area contributed by atoms with Crippen molar-refractivity contribution < 1.29 is 4.79 Å². The van der Waals surface area contributed by atoms with Crippen molar-refractivity contribution in [1.29, 1.82) is 0 Å². The van der Waals surface area contributed by atoms with E-state index in [4.69, 9.17) is 5.73 Å². The van der Waals surface area contributed by atoms with E-state index in [1.165, 1.54) is 4.88 Å². The molecule has 0 saturated heterocycles. The lowest BCUT2D eigenvalue weighted by Gasteiger charge is -2.23. The summed E-state index contributed by atoms with van der Waals surface area (Å²) in [6.07, 6.45) is 0. The maximum atomic E-state index is 12.3. The Labute approximate surface area is 129 Å². The fourth-order valence-electron chi connectivity index (χ4n) is 2.20. The number of benzene rings is 1. The van der Waals surface area contributed by atoms with Gasteiger partial charge in [0.05, 0.1) is 6.04 Å². The van der Waals surface area contributed by atoms with Gasteiger partial charge in [0, 0.05) is 22.7 Å². The number of hydrogen-bond acceptors (Lipinski definition) is 4. The van der Waals surface area contributed by atoms with Gasteiger partial charge in [-0.3, -0.25) is 4.79 Å². The van der Waals surface area contributed by atoms with E-state index in [1.54, 1.807) is 29.5 Å². The highest BCUT2D eigenvalue weighted by molar-refractivity contribution is 7.10. The smallest absolute Gasteiger partial charge is 0.251 e. The minimum Gasteiger partial charge on any atom is -0.398 e. The molecule has 1 aromatic carbocycles. The van der Waals surface area contributed by atoms with Crippen LogP contribution in [0.3, 0.4) is 0 Å². The zero-order valence-corrected chi connectivity index (χ0v) is 13.4. The van der Waals surface area contributed by atoms with Crippen LogP contribution in [0.25, 0.3) is 0 Å². The minimum absolute atomic E-state index is 0.0804. The van der Waals surface area contributed by atoms with Gasteiger partial charge in [-0.15, -0.1) is 11.3 Å². The summed E-state index contributed by atoms with van der Waals surface area (Å²) in [5, 5.41) is 5.06. The average Bonchev–Trinajstić information content (AvgIpc) is 2.95. The van der Waals surface area contributed by atoms with Crippen LogP contribution >= 0.6 is 11.3 Å². The van der Waals surface area contributed by atoms with E-state index in [2.05, 4.69) is 21.7 Å². The highest BCUT2D eigenvalue weighted by Gasteiger charge is 2.17. The second-order valence-electron chi connectivity index (χ2n) is 5.22. The van der Waals surface area contributed by atoms with Gasteiger partial charge in [0.25, 0.3) is 5.91 Å². The highest BCUT2D eigenvalue weighted by atomic mass is 32.1. The first-order valence-corrected chi connectivity index (χ1v) is 7.71. The Bertz CT molecular complexity index is 608. The first kappa shape index (κ1) is 15.5. The van der Waals surface area contributed by atoms with E-state index in [0.29, 0.717) is 17.8 Å². The Morgan fingerprint density at radius 2 is 2.10 bits per heavy atom. The van der Waals surface area contributed by atoms with Crippen molar-refractivity contribution in [3.8, 4) is 0 Å². The Morgan fingerprint density at radius 1 is 1.33 bits per heavy atom. The third-order valence-corrected chi connectivity index (χ3v) is 4.54. The van der Waals surface area contributed by atoms with Crippen molar-refractivity contribution in [2.45, 2.75) is 13.0 Å². The molecule has 3 N–H and O–H groups in total. The van der Waals surface area contributed by atoms with Gasteiger partial charge in [0.2, 0.25) is 0 Å². The molecule has 5 heteroatoms. The van der Waals surface area contributed by atoms with E-state index >= 15 is 0 Å². The molecule has 1 aromatic heterocycles. The van der Waals surface area contributed by atoms with Gasteiger partial charge in [-0.25, -0.2) is 0 Å². The molecule has 0 fully saturated rings. The Kier molecular flexibility index (Phi) is 4.98. The average molecular weight is 303 g/mol. The van der Waals surface area contributed by atoms with Crippen LogP contribution in [0.5, 0.6) is 0 Å². The number of likely N-dealkylation sites (N-methyl/N-ethyl adjacent to an activating group) is 1. The normalized spacial score (nSPS) is 12.4. The predicted molar refractivity (Wildman–Crippen MR) is 88.7 cm³/mol. The number of carbonyl (C=O) groups excluding carboxylic acids is 1. The van der Waals surface area contributed by atoms with Gasteiger partial charge < -0.3 is 16.0 Å². The summed E-state index contributed by atoms with van der Waals surface area (Å²) in [7, 11) is 4.03. The third kappa shape index (κ3) is 3.62. The second kappa shape index (κ2) is 6.74. The molecule has 1 unspecified atom stereocenters. The summed E-state index contributed by atoms with van der Waals surface area (Å²) in [4.78, 5) is 15.7. The van der Waals surface area contributed by atoms with Crippen LogP contribution in [-0.4, -0.2) is 31.4 Å². The topological polar surface area (TPSA) is 58.4 Å². The van der Waals surface area contributed by atoms with Crippen LogP contribution in [0.1, 0.15) is 26.8 Å². The number of hydrogen-bond donors (Lipinski definition) is 2. The van der Waals surface area contributed by atoms with Gasteiger partial charge in [-0.2, -0.15) is 0 Å². The van der Waals surface area contributed by atoms with Crippen LogP contribution in [0, 0.1) is 6.92 Å². The molecule has 0 aliphatic heterocycles. The molecule has 0 spiro atoms. The summed E-state index contributed by atoms with van der Waals surface area (Å²) >= 11 is 1.70. The van der Waals surface area contributed by atoms with Crippen molar-refractivity contribution in [2.24, 2.45) is 0 Å². The van der Waals surface area contributed by atoms with E-state index in [0.717, 1.165) is 5.56 Å². The summed E-state index contributed by atoms with van der Waals surface area (Å²) in [5.41, 5.74) is 7.96. The van der Waals surface area contributed by atoms with Crippen LogP contribution in [0.4, 0.5) is 5.69 Å². The van der Waals surface area contributed by atoms with Gasteiger partial charge >= 0.3 is 0 Å². The van der Waals surface area contributed by atoms with Crippen molar-refractivity contribution in [1.82, 2.24) is 10.2 Å². The predicted octanol–water partition coefficient (Wildman–Crippen LogP) is 2.67. The quantitative estimate of drug-likeness (QED) is 0.835. The molecule has 0 aliphatic carbocycles. The molecule has 0 bridgehead atoms. The zero-order chi connectivity index (χ0) is 15.4. The van der Waals surface area contributed by atoms with Gasteiger partial charge in [-0.1, -0.05) is 12.1 Å². The summed E-state index contributed by atoms with van der Waals surface area (Å²) < 4.78 is 0. The molecule has 21 heavy (non-hydrogen) atoms. The molecule has 0 saturated carbocycles. The maximum absolute atomic E-state index is 12.3. The summed E-state index contributed by atoms with van der Waals surface area (Å²) in [6.45, 7) is 2.44. The number of nitrogens with two attached hydrogens (primary N) is 1. The molecule has 1 amide bonds. The fourth-order valence-corrected chi connectivity index (χ4v) is 3.13. The Balaban J connectivity index is 2.07. The number of amides is 1. The Hall–Kier alpha value is -1.85. The molecular formula is C16H21N3OS. The van der Waals surface area contributed by atoms with Crippen molar-refractivity contribution >= 4 is 22.9 Å². The van der Waals surface area contributed by atoms with E-state index in [-0.39, 0.29) is 11.9 Å². The van der Waals surface area contributed by atoms with Gasteiger partial charge in [-0.05, 0) is 50.2 Å². The number of nitrogen functional groups attached to an aromatic ring is 1. The van der Waals surface area contributed by atoms with Crippen LogP contribution in [-0.2, 0) is 0 Å². The molecule has 4 nitrogen and oxygen atoms in total. The van der Waals surface area contributed by atoms with Crippen LogP contribution in [0.2, 0.25) is 0 Å². The molecule has 0 radical (unpaired) electrons. The molecule has 2 aromatic rings. The third-order valence-electron chi connectivity index (χ3n) is 3.57. The number of nitrogens with zero attached hydrogens (tertiary/aromatic N) is 1. The van der Waals surface area contributed by atoms with Gasteiger partial charge in [0.15, 0.2) is 0 Å². The lowest BCUT2D eigenvalue weighted by Crippen LogP contribution is -2.34. The van der Waals surface area contributed by atoms with E-state index < -0.39 is 0 Å². The number of rotatable bonds is 5. The van der Waals surface area contributed by atoms with Crippen molar-refractivity contribution in [2.75, 3.05) is 26.4 Å². The molecule has 1 heterocycles. The molecule has 0 aliphatic rings. The summed E-state index contributed by atoms with van der Waals surface area (Å²) in [6, 6.07) is 9.71. The fraction of sp³-hybridized carbons (Fsp3) is 0.312. The minimum atomic E-state index is -0.0804. The number of anilines is 1. The number of thiophene rings is 1. The standard InChI is InChI=1S/C16H21N3OS/c1-11-12(6-4-7-13(11)17)16(20)18-10-14(19(2)3)15-8-5-9-21-15/h4-9,14H,10,17H2,1-3H3,(H,18,20). The highest BCUT2D eigenvalue weighted by Crippen LogP contribution is 2.22. The van der Waals surface area contributed by atoms with E-state index in [9.17, 15) is 4.79 Å². The molecule has 2 rings (SSSR count). The Morgan fingerprint density at radius 3 is 2.71 bits per heavy atom. The molecular weight excluding hydrogens is 282 g/mol. The van der Waals surface area contributed by atoms with E-state index in [1.807, 2.05) is 27.1 Å². The van der Waals surface area contributed by atoms with Crippen LogP contribution in [0.15, 0.2) is 35.7 Å². The molecule has 1 atom stereocenters. The molecule has 112 valence electrons. The maximum Gasteiger partial charge on any atom is 0.251 e. The van der Waals surface area contributed by atoms with Crippen LogP contribution < -0.4 is 11.1 Å². The first-order chi connectivity index (χ1) is 10.0. The first-order valence-electron chi connectivity index (χ1n) is 6.84. The monoisotopic (exact) mass is 303 g/mol. The number of carbonyl (C=O) groups is 1. The lowest BCUT2D eigenvalue weighted by atomic mass is 10.1. The SMILES string of the molecule is Cc1c(N)cccc1C(=O)NCC(c1cccs1)N(C)C. The second-order valence-corrected chi connectivity index (χ2v) is 6.20. The van der Waals surface area contributed by atoms with Gasteiger partial charge in [0.1, 0.15) is 0 Å². The zero-order valence-electron chi connectivity index (χ0n) is 12.6. The van der Waals surface area contributed by atoms with Crippen molar-refractivity contribution in [3.63, 3.8) is 0 Å². The lowest BCUT2D eigenvalue weighted by molar-refractivity contribution is 0.0941. The summed E-state index contributed by atoms with van der Waals surface area (Å²) in [5.74, 6) is -0.0804.